The molecule has 2 unspecified atom stereocenters. The molecule has 1 rings (SSSR count). The molecule has 7 heteroatoms. The van der Waals surface area contributed by atoms with E-state index >= 15 is 0 Å². The second kappa shape index (κ2) is 6.12. The molecule has 0 aliphatic rings. The summed E-state index contributed by atoms with van der Waals surface area (Å²) in [5.74, 6) is 0. The van der Waals surface area contributed by atoms with E-state index in [2.05, 4.69) is 5.32 Å². The zero-order valence-electron chi connectivity index (χ0n) is 10.0. The largest absolute Gasteiger partial charge is 0.378 e. The fourth-order valence-electron chi connectivity index (χ4n) is 1.34. The van der Waals surface area contributed by atoms with Crippen LogP contribution in [0.15, 0.2) is 18.2 Å². The molecule has 2 atom stereocenters. The summed E-state index contributed by atoms with van der Waals surface area (Å²) in [7, 11) is -1.01. The first-order valence-electron chi connectivity index (χ1n) is 5.21. The molecule has 0 aliphatic carbocycles. The van der Waals surface area contributed by atoms with E-state index in [4.69, 9.17) is 5.26 Å². The van der Waals surface area contributed by atoms with Crippen LogP contribution in [-0.2, 0) is 10.8 Å². The van der Waals surface area contributed by atoms with Crippen molar-refractivity contribution in [3.63, 3.8) is 0 Å². The number of nitrogens with zero attached hydrogens (tertiary/aromatic N) is 2. The molecule has 0 saturated heterocycles. The molecule has 6 nitrogen and oxygen atoms in total. The normalized spacial score (nSPS) is 13.4. The van der Waals surface area contributed by atoms with Crippen molar-refractivity contribution < 1.29 is 9.13 Å². The summed E-state index contributed by atoms with van der Waals surface area (Å²) in [5, 5.41) is 22.5. The van der Waals surface area contributed by atoms with Crippen molar-refractivity contribution >= 4 is 22.2 Å². The maximum absolute atomic E-state index is 11.2. The summed E-state index contributed by atoms with van der Waals surface area (Å²) >= 11 is 0. The van der Waals surface area contributed by atoms with E-state index in [0.717, 1.165) is 0 Å². The number of nitro groups is 1. The third-order valence-electron chi connectivity index (χ3n) is 2.49. The van der Waals surface area contributed by atoms with Crippen molar-refractivity contribution in [3.05, 3.63) is 33.9 Å². The number of anilines is 1. The Bertz CT molecular complexity index is 525. The standard InChI is InChI=1S/C11H13N3O3S/c1-8(18(2)17)7-13-10-5-3-4-9(6-12)11(10)14(15)16/h3-5,8,13H,7H2,1-2H3. The van der Waals surface area contributed by atoms with Crippen LogP contribution in [0.5, 0.6) is 0 Å². The fourth-order valence-corrected chi connectivity index (χ4v) is 1.66. The monoisotopic (exact) mass is 267 g/mol. The number of rotatable bonds is 5. The molecule has 18 heavy (non-hydrogen) atoms. The number of hydrogen-bond acceptors (Lipinski definition) is 5. The third-order valence-corrected chi connectivity index (χ3v) is 3.79. The molecular weight excluding hydrogens is 254 g/mol. The molecule has 0 aliphatic heterocycles. The Morgan fingerprint density at radius 3 is 2.78 bits per heavy atom. The first-order valence-corrected chi connectivity index (χ1v) is 6.83. The highest BCUT2D eigenvalue weighted by atomic mass is 32.2. The smallest absolute Gasteiger partial charge is 0.309 e. The lowest BCUT2D eigenvalue weighted by atomic mass is 10.1. The van der Waals surface area contributed by atoms with E-state index in [-0.39, 0.29) is 22.2 Å². The maximum atomic E-state index is 11.2. The fraction of sp³-hybridized carbons (Fsp3) is 0.364. The number of nitriles is 1. The van der Waals surface area contributed by atoms with Gasteiger partial charge in [0.1, 0.15) is 17.3 Å². The molecule has 0 aromatic heterocycles. The van der Waals surface area contributed by atoms with Crippen molar-refractivity contribution in [2.45, 2.75) is 12.2 Å². The van der Waals surface area contributed by atoms with Gasteiger partial charge in [0.2, 0.25) is 0 Å². The van der Waals surface area contributed by atoms with Gasteiger partial charge in [0.15, 0.2) is 0 Å². The summed E-state index contributed by atoms with van der Waals surface area (Å²) < 4.78 is 11.2. The predicted molar refractivity (Wildman–Crippen MR) is 69.8 cm³/mol. The van der Waals surface area contributed by atoms with E-state index in [1.165, 1.54) is 12.1 Å². The Kier molecular flexibility index (Phi) is 4.80. The molecular formula is C11H13N3O3S. The van der Waals surface area contributed by atoms with Crippen LogP contribution >= 0.6 is 0 Å². The number of nitrogens with one attached hydrogen (secondary N) is 1. The second-order valence-corrected chi connectivity index (χ2v) is 5.56. The first-order chi connectivity index (χ1) is 8.47. The van der Waals surface area contributed by atoms with Crippen LogP contribution in [0.1, 0.15) is 12.5 Å². The van der Waals surface area contributed by atoms with E-state index in [1.807, 2.05) is 0 Å². The molecule has 1 aromatic carbocycles. The van der Waals surface area contributed by atoms with Crippen LogP contribution < -0.4 is 5.32 Å². The summed E-state index contributed by atoms with van der Waals surface area (Å²) in [4.78, 5) is 10.3. The second-order valence-electron chi connectivity index (χ2n) is 3.76. The Hall–Kier alpha value is -1.94. The molecule has 0 saturated carbocycles. The van der Waals surface area contributed by atoms with Gasteiger partial charge >= 0.3 is 5.69 Å². The number of benzene rings is 1. The molecule has 0 amide bonds. The minimum Gasteiger partial charge on any atom is -0.378 e. The van der Waals surface area contributed by atoms with Crippen molar-refractivity contribution in [2.24, 2.45) is 0 Å². The van der Waals surface area contributed by atoms with E-state index in [9.17, 15) is 14.3 Å². The molecule has 1 aromatic rings. The average molecular weight is 267 g/mol. The molecule has 0 heterocycles. The highest BCUT2D eigenvalue weighted by Crippen LogP contribution is 2.27. The van der Waals surface area contributed by atoms with Gasteiger partial charge in [0, 0.05) is 28.9 Å². The van der Waals surface area contributed by atoms with Crippen molar-refractivity contribution in [2.75, 3.05) is 18.1 Å². The zero-order chi connectivity index (χ0) is 13.7. The van der Waals surface area contributed by atoms with E-state index in [1.54, 1.807) is 25.3 Å². The topological polar surface area (TPSA) is 96.0 Å². The van der Waals surface area contributed by atoms with Crippen molar-refractivity contribution in [1.82, 2.24) is 0 Å². The van der Waals surface area contributed by atoms with Crippen LogP contribution in [0, 0.1) is 21.4 Å². The first kappa shape index (κ1) is 14.1. The van der Waals surface area contributed by atoms with Gasteiger partial charge in [0.25, 0.3) is 0 Å². The van der Waals surface area contributed by atoms with E-state index < -0.39 is 15.7 Å². The summed E-state index contributed by atoms with van der Waals surface area (Å²) in [6, 6.07) is 6.28. The summed E-state index contributed by atoms with van der Waals surface area (Å²) in [6.07, 6.45) is 1.58. The van der Waals surface area contributed by atoms with Crippen molar-refractivity contribution in [3.8, 4) is 6.07 Å². The Balaban J connectivity index is 2.99. The number of para-hydroxylation sites is 1. The van der Waals surface area contributed by atoms with Gasteiger partial charge in [-0.15, -0.1) is 0 Å². The van der Waals surface area contributed by atoms with Gasteiger partial charge < -0.3 is 5.32 Å². The van der Waals surface area contributed by atoms with Gasteiger partial charge in [-0.05, 0) is 19.1 Å². The quantitative estimate of drug-likeness (QED) is 0.646. The maximum Gasteiger partial charge on any atom is 0.309 e. The third kappa shape index (κ3) is 3.28. The van der Waals surface area contributed by atoms with Crippen LogP contribution in [0.2, 0.25) is 0 Å². The van der Waals surface area contributed by atoms with Gasteiger partial charge in [-0.25, -0.2) is 0 Å². The zero-order valence-corrected chi connectivity index (χ0v) is 10.9. The Labute approximate surface area is 107 Å². The van der Waals surface area contributed by atoms with Crippen LogP contribution in [0.3, 0.4) is 0 Å². The van der Waals surface area contributed by atoms with Gasteiger partial charge in [0.05, 0.1) is 4.92 Å². The van der Waals surface area contributed by atoms with Gasteiger partial charge in [-0.2, -0.15) is 5.26 Å². The van der Waals surface area contributed by atoms with Crippen LogP contribution in [-0.4, -0.2) is 27.2 Å². The minimum absolute atomic E-state index is 0.00951. The SMILES string of the molecule is CC(CNc1cccc(C#N)c1[N+](=O)[O-])S(C)=O. The van der Waals surface area contributed by atoms with Gasteiger partial charge in [-0.3, -0.25) is 14.3 Å². The Morgan fingerprint density at radius 2 is 2.28 bits per heavy atom. The van der Waals surface area contributed by atoms with E-state index in [0.29, 0.717) is 6.54 Å². The summed E-state index contributed by atoms with van der Waals surface area (Å²) in [5.41, 5.74) is 0.0423. The molecule has 0 spiro atoms. The lowest BCUT2D eigenvalue weighted by molar-refractivity contribution is -0.384. The minimum atomic E-state index is -1.01. The van der Waals surface area contributed by atoms with Crippen LogP contribution in [0.4, 0.5) is 11.4 Å². The predicted octanol–water partition coefficient (Wildman–Crippen LogP) is 1.65. The van der Waals surface area contributed by atoms with Crippen molar-refractivity contribution in [1.29, 1.82) is 5.26 Å². The molecule has 0 fully saturated rings. The molecule has 0 bridgehead atoms. The lowest BCUT2D eigenvalue weighted by Gasteiger charge is -2.11. The molecule has 1 N–H and O–H groups in total. The lowest BCUT2D eigenvalue weighted by Crippen LogP contribution is -2.21. The number of nitro benzene ring substituents is 1. The highest BCUT2D eigenvalue weighted by molar-refractivity contribution is 7.84. The van der Waals surface area contributed by atoms with Gasteiger partial charge in [-0.1, -0.05) is 6.07 Å². The molecule has 96 valence electrons. The summed E-state index contributed by atoms with van der Waals surface area (Å²) in [6.45, 7) is 2.13. The average Bonchev–Trinajstić information content (AvgIpc) is 2.34. The highest BCUT2D eigenvalue weighted by Gasteiger charge is 2.19. The van der Waals surface area contributed by atoms with Crippen LogP contribution in [0.25, 0.3) is 0 Å². The number of hydrogen-bond donors (Lipinski definition) is 1. The molecule has 0 radical (unpaired) electrons. The Morgan fingerprint density at radius 1 is 1.61 bits per heavy atom.